The quantitative estimate of drug-likeness (QED) is 0.401. The molecule has 0 saturated carbocycles. The van der Waals surface area contributed by atoms with E-state index in [1.807, 2.05) is 18.0 Å². The van der Waals surface area contributed by atoms with E-state index >= 15 is 0 Å². The third kappa shape index (κ3) is 5.10. The first-order valence-electron chi connectivity index (χ1n) is 3.62. The van der Waals surface area contributed by atoms with Gasteiger partial charge in [0.1, 0.15) is 12.0 Å². The van der Waals surface area contributed by atoms with Crippen molar-refractivity contribution in [1.29, 1.82) is 0 Å². The molecule has 2 unspecified atom stereocenters. The third-order valence-electron chi connectivity index (χ3n) is 1.33. The molecule has 74 valence electrons. The highest BCUT2D eigenvalue weighted by Gasteiger charge is 2.21. The molecule has 0 N–H and O–H groups in total. The van der Waals surface area contributed by atoms with Gasteiger partial charge in [0.25, 0.3) is 0 Å². The Morgan fingerprint density at radius 1 is 1.67 bits per heavy atom. The van der Waals surface area contributed by atoms with Crippen LogP contribution in [0.25, 0.3) is 0 Å². The molecule has 0 amide bonds. The highest BCUT2D eigenvalue weighted by atomic mass is 32.9. The summed E-state index contributed by atoms with van der Waals surface area (Å²) >= 11 is 6.70. The van der Waals surface area contributed by atoms with Crippen LogP contribution in [0.2, 0.25) is 0 Å². The molecule has 0 saturated heterocycles. The van der Waals surface area contributed by atoms with Gasteiger partial charge >= 0.3 is 0 Å². The zero-order valence-corrected chi connectivity index (χ0v) is 11.0. The molecule has 0 radical (unpaired) electrons. The lowest BCUT2D eigenvalue weighted by atomic mass is 10.9. The van der Waals surface area contributed by atoms with Crippen molar-refractivity contribution in [3.63, 3.8) is 0 Å². The highest BCUT2D eigenvalue weighted by Crippen LogP contribution is 2.44. The van der Waals surface area contributed by atoms with Gasteiger partial charge in [-0.3, -0.25) is 0 Å². The lowest BCUT2D eigenvalue weighted by Gasteiger charge is -2.22. The molecule has 2 nitrogen and oxygen atoms in total. The van der Waals surface area contributed by atoms with Crippen LogP contribution in [0.4, 0.5) is 0 Å². The van der Waals surface area contributed by atoms with Crippen molar-refractivity contribution < 1.29 is 9.42 Å². The number of hydrogen-bond acceptors (Lipinski definition) is 4. The second-order valence-electron chi connectivity index (χ2n) is 2.13. The predicted molar refractivity (Wildman–Crippen MR) is 62.4 cm³/mol. The standard InChI is InChI=1S/C6H15O2PS3/c1-4-11-5-6-12(3)9(7,10)8-2/h4-6H2,1-3H3. The highest BCUT2D eigenvalue weighted by molar-refractivity contribution is 8.64. The Balaban J connectivity index is 3.71. The summed E-state index contributed by atoms with van der Waals surface area (Å²) in [6, 6.07) is 0. The molecule has 0 heterocycles. The summed E-state index contributed by atoms with van der Waals surface area (Å²) < 4.78 is 4.80. The van der Waals surface area contributed by atoms with Gasteiger partial charge in [-0.25, -0.2) is 0 Å². The Morgan fingerprint density at radius 2 is 2.25 bits per heavy atom. The topological polar surface area (TPSA) is 32.3 Å². The summed E-state index contributed by atoms with van der Waals surface area (Å²) in [6.07, 6.45) is 1.92. The molecule has 0 fully saturated rings. The molecule has 0 aliphatic rings. The molecule has 0 aromatic rings. The average Bonchev–Trinajstić information content (AvgIpc) is 2.05. The van der Waals surface area contributed by atoms with E-state index in [9.17, 15) is 4.89 Å². The van der Waals surface area contributed by atoms with E-state index in [1.54, 1.807) is 0 Å². The second kappa shape index (κ2) is 6.68. The summed E-state index contributed by atoms with van der Waals surface area (Å²) in [5.74, 6) is 3.04. The van der Waals surface area contributed by atoms with Gasteiger partial charge in [-0.2, -0.15) is 11.8 Å². The van der Waals surface area contributed by atoms with Crippen LogP contribution in [-0.4, -0.2) is 30.6 Å². The van der Waals surface area contributed by atoms with Crippen molar-refractivity contribution in [1.82, 2.24) is 0 Å². The zero-order chi connectivity index (χ0) is 9.61. The van der Waals surface area contributed by atoms with Gasteiger partial charge in [-0.05, 0) is 17.6 Å². The Labute approximate surface area is 86.7 Å². The minimum Gasteiger partial charge on any atom is -0.760 e. The van der Waals surface area contributed by atoms with Gasteiger partial charge < -0.3 is 9.42 Å². The molecular weight excluding hydrogens is 231 g/mol. The first-order valence-corrected chi connectivity index (χ1v) is 9.82. The maximum Gasteiger partial charge on any atom is 0.199 e. The third-order valence-corrected chi connectivity index (χ3v) is 10.5. The first kappa shape index (κ1) is 13.3. The lowest BCUT2D eigenvalue weighted by molar-refractivity contribution is -0.172. The van der Waals surface area contributed by atoms with E-state index in [1.165, 1.54) is 7.11 Å². The van der Waals surface area contributed by atoms with Gasteiger partial charge in [0, 0.05) is 23.4 Å². The molecule has 0 spiro atoms. The first-order chi connectivity index (χ1) is 5.54. The van der Waals surface area contributed by atoms with Crippen LogP contribution in [-0.2, 0) is 26.8 Å². The van der Waals surface area contributed by atoms with Crippen LogP contribution < -0.4 is 4.89 Å². The molecule has 6 heteroatoms. The van der Waals surface area contributed by atoms with Crippen molar-refractivity contribution in [3.05, 3.63) is 0 Å². The fourth-order valence-electron chi connectivity index (χ4n) is 0.563. The van der Waals surface area contributed by atoms with Gasteiger partial charge in [-0.1, -0.05) is 6.92 Å². The molecule has 0 bridgehead atoms. The van der Waals surface area contributed by atoms with Crippen molar-refractivity contribution >= 4 is 39.8 Å². The zero-order valence-electron chi connectivity index (χ0n) is 7.61. The van der Waals surface area contributed by atoms with Gasteiger partial charge in [0.2, 0.25) is 0 Å². The number of hydrogen-bond donors (Lipinski definition) is 0. The molecule has 0 aliphatic carbocycles. The lowest BCUT2D eigenvalue weighted by Crippen LogP contribution is -2.16. The Morgan fingerprint density at radius 3 is 2.67 bits per heavy atom. The molecule has 0 aromatic heterocycles. The van der Waals surface area contributed by atoms with Crippen LogP contribution in [0.5, 0.6) is 0 Å². The van der Waals surface area contributed by atoms with Crippen molar-refractivity contribution in [3.8, 4) is 0 Å². The van der Waals surface area contributed by atoms with Crippen LogP contribution in [0.3, 0.4) is 0 Å². The summed E-state index contributed by atoms with van der Waals surface area (Å²) in [5, 5.41) is 0. The normalized spacial score (nSPS) is 18.7. The van der Waals surface area contributed by atoms with E-state index in [-0.39, 0.29) is 10.5 Å². The Hall–Kier alpha value is 1.27. The van der Waals surface area contributed by atoms with Crippen LogP contribution in [0.1, 0.15) is 6.92 Å². The second-order valence-corrected chi connectivity index (χ2v) is 11.8. The van der Waals surface area contributed by atoms with E-state index in [0.717, 1.165) is 17.3 Å². The van der Waals surface area contributed by atoms with E-state index in [0.29, 0.717) is 0 Å². The number of thioether (sulfide) groups is 1. The number of rotatable bonds is 6. The van der Waals surface area contributed by atoms with E-state index in [4.69, 9.17) is 16.3 Å². The minimum atomic E-state index is -2.71. The predicted octanol–water partition coefficient (Wildman–Crippen LogP) is 1.22. The summed E-state index contributed by atoms with van der Waals surface area (Å²) in [7, 11) is 1.18. The smallest absolute Gasteiger partial charge is 0.199 e. The van der Waals surface area contributed by atoms with Crippen LogP contribution in [0, 0.1) is 0 Å². The van der Waals surface area contributed by atoms with Crippen molar-refractivity contribution in [2.75, 3.05) is 30.6 Å². The molecule has 0 rings (SSSR count). The summed E-state index contributed by atoms with van der Waals surface area (Å²) in [4.78, 5) is 11.5. The SMILES string of the molecule is CCSCC[S+](C)P([O-])(=S)OC. The Bertz CT molecular complexity index is 165. The van der Waals surface area contributed by atoms with Gasteiger partial charge in [0.15, 0.2) is 5.69 Å². The van der Waals surface area contributed by atoms with E-state index in [2.05, 4.69) is 6.92 Å². The van der Waals surface area contributed by atoms with E-state index < -0.39 is 5.69 Å². The summed E-state index contributed by atoms with van der Waals surface area (Å²) in [5.41, 5.74) is -2.71. The summed E-state index contributed by atoms with van der Waals surface area (Å²) in [6.45, 7) is 2.11. The maximum atomic E-state index is 11.5. The van der Waals surface area contributed by atoms with Gasteiger partial charge in [-0.15, -0.1) is 0 Å². The minimum absolute atomic E-state index is 0.255. The fourth-order valence-corrected chi connectivity index (χ4v) is 5.54. The largest absolute Gasteiger partial charge is 0.760 e. The fraction of sp³-hybridized carbons (Fsp3) is 1.00. The molecule has 2 atom stereocenters. The van der Waals surface area contributed by atoms with Crippen molar-refractivity contribution in [2.24, 2.45) is 0 Å². The van der Waals surface area contributed by atoms with Crippen molar-refractivity contribution in [2.45, 2.75) is 6.92 Å². The Kier molecular flexibility index (Phi) is 7.39. The maximum absolute atomic E-state index is 11.5. The monoisotopic (exact) mass is 246 g/mol. The van der Waals surface area contributed by atoms with Crippen LogP contribution >= 0.6 is 17.5 Å². The van der Waals surface area contributed by atoms with Gasteiger partial charge in [0.05, 0.1) is 0 Å². The van der Waals surface area contributed by atoms with Crippen LogP contribution in [0.15, 0.2) is 0 Å². The molecule has 12 heavy (non-hydrogen) atoms. The molecule has 0 aliphatic heterocycles. The molecular formula is C6H15O2PS3. The average molecular weight is 246 g/mol. The molecule has 0 aromatic carbocycles.